The molecule has 1 aliphatic heterocycles. The Morgan fingerprint density at radius 2 is 2.16 bits per heavy atom. The van der Waals surface area contributed by atoms with Crippen LogP contribution in [0.1, 0.15) is 12.8 Å². The van der Waals surface area contributed by atoms with Gasteiger partial charge >= 0.3 is 12.0 Å². The number of ether oxygens (including phenoxy) is 2. The van der Waals surface area contributed by atoms with Gasteiger partial charge in [0.15, 0.2) is 0 Å². The van der Waals surface area contributed by atoms with Crippen molar-refractivity contribution in [3.05, 3.63) is 41.7 Å². The van der Waals surface area contributed by atoms with Crippen LogP contribution in [-0.4, -0.2) is 47.2 Å². The van der Waals surface area contributed by atoms with Crippen molar-refractivity contribution in [1.29, 1.82) is 0 Å². The summed E-state index contributed by atoms with van der Waals surface area (Å²) < 4.78 is 10.9. The molecule has 2 amide bonds. The summed E-state index contributed by atoms with van der Waals surface area (Å²) in [7, 11) is 1.59. The Morgan fingerprint density at radius 3 is 2.92 bits per heavy atom. The van der Waals surface area contributed by atoms with Crippen LogP contribution >= 0.6 is 11.6 Å². The van der Waals surface area contributed by atoms with Gasteiger partial charge in [-0.15, -0.1) is 0 Å². The number of benzene rings is 1. The lowest BCUT2D eigenvalue weighted by atomic mass is 10.1. The summed E-state index contributed by atoms with van der Waals surface area (Å²) >= 11 is 5.77. The molecule has 25 heavy (non-hydrogen) atoms. The number of methoxy groups -OCH3 is 1. The van der Waals surface area contributed by atoms with E-state index in [9.17, 15) is 4.79 Å². The second kappa shape index (κ2) is 8.02. The first-order valence-corrected chi connectivity index (χ1v) is 8.36. The molecule has 1 atom stereocenters. The number of hydrogen-bond donors (Lipinski definition) is 1. The first-order valence-electron chi connectivity index (χ1n) is 7.98. The minimum Gasteiger partial charge on any atom is -0.497 e. The highest BCUT2D eigenvalue weighted by Gasteiger charge is 2.25. The molecular weight excluding hydrogens is 344 g/mol. The van der Waals surface area contributed by atoms with Crippen molar-refractivity contribution in [1.82, 2.24) is 14.9 Å². The molecule has 1 aromatic carbocycles. The topological polar surface area (TPSA) is 76.6 Å². The number of nitrogens with zero attached hydrogens (tertiary/aromatic N) is 3. The van der Waals surface area contributed by atoms with Crippen molar-refractivity contribution in [3.8, 4) is 11.8 Å². The zero-order chi connectivity index (χ0) is 17.6. The monoisotopic (exact) mass is 362 g/mol. The highest BCUT2D eigenvalue weighted by molar-refractivity contribution is 6.30. The van der Waals surface area contributed by atoms with Crippen molar-refractivity contribution >= 4 is 23.3 Å². The van der Waals surface area contributed by atoms with Crippen molar-refractivity contribution in [2.45, 2.75) is 18.9 Å². The standard InChI is InChI=1S/C17H19ClN4O3/c1-24-14-5-2-4-13(8-14)21-17(23)22-7-3-6-15(11-22)25-16-19-9-12(18)10-20-16/h2,4-5,8-10,15H,3,6-7,11H2,1H3,(H,21,23). The summed E-state index contributed by atoms with van der Waals surface area (Å²) in [6.07, 6.45) is 4.52. The van der Waals surface area contributed by atoms with Gasteiger partial charge in [-0.1, -0.05) is 17.7 Å². The lowest BCUT2D eigenvalue weighted by molar-refractivity contribution is 0.0983. The van der Waals surface area contributed by atoms with Crippen LogP contribution in [0.5, 0.6) is 11.8 Å². The minimum absolute atomic E-state index is 0.147. The van der Waals surface area contributed by atoms with Crippen molar-refractivity contribution in [2.24, 2.45) is 0 Å². The number of aromatic nitrogens is 2. The summed E-state index contributed by atoms with van der Waals surface area (Å²) in [4.78, 5) is 22.3. The molecule has 1 aromatic heterocycles. The van der Waals surface area contributed by atoms with Crippen LogP contribution in [0.25, 0.3) is 0 Å². The fraction of sp³-hybridized carbons (Fsp3) is 0.353. The van der Waals surface area contributed by atoms with Crippen molar-refractivity contribution in [2.75, 3.05) is 25.5 Å². The lowest BCUT2D eigenvalue weighted by Crippen LogP contribution is -2.46. The van der Waals surface area contributed by atoms with E-state index in [1.807, 2.05) is 18.2 Å². The predicted octanol–water partition coefficient (Wildman–Crippen LogP) is 3.21. The van der Waals surface area contributed by atoms with Crippen LogP contribution in [0.4, 0.5) is 10.5 Å². The average Bonchev–Trinajstić information content (AvgIpc) is 2.64. The highest BCUT2D eigenvalue weighted by Crippen LogP contribution is 2.20. The van der Waals surface area contributed by atoms with Crippen LogP contribution in [0.15, 0.2) is 36.7 Å². The molecule has 0 bridgehead atoms. The van der Waals surface area contributed by atoms with Gasteiger partial charge in [0.05, 0.1) is 31.1 Å². The molecule has 7 nitrogen and oxygen atoms in total. The van der Waals surface area contributed by atoms with Crippen LogP contribution in [0.3, 0.4) is 0 Å². The summed E-state index contributed by atoms with van der Waals surface area (Å²) in [5, 5.41) is 3.33. The van der Waals surface area contributed by atoms with E-state index in [4.69, 9.17) is 21.1 Å². The van der Waals surface area contributed by atoms with Crippen LogP contribution in [-0.2, 0) is 0 Å². The van der Waals surface area contributed by atoms with E-state index in [0.29, 0.717) is 29.5 Å². The maximum Gasteiger partial charge on any atom is 0.321 e. The third kappa shape index (κ3) is 4.73. The second-order valence-corrected chi connectivity index (χ2v) is 6.11. The molecule has 8 heteroatoms. The Bertz CT molecular complexity index is 726. The summed E-state index contributed by atoms with van der Waals surface area (Å²) in [6.45, 7) is 1.15. The van der Waals surface area contributed by atoms with E-state index in [-0.39, 0.29) is 18.1 Å². The molecule has 2 heterocycles. The zero-order valence-electron chi connectivity index (χ0n) is 13.8. The smallest absolute Gasteiger partial charge is 0.321 e. The number of nitrogens with one attached hydrogen (secondary N) is 1. The third-order valence-electron chi connectivity index (χ3n) is 3.86. The first kappa shape index (κ1) is 17.3. The van der Waals surface area contributed by atoms with Crippen LogP contribution < -0.4 is 14.8 Å². The first-order chi connectivity index (χ1) is 12.1. The molecule has 2 aromatic rings. The van der Waals surface area contributed by atoms with Crippen molar-refractivity contribution < 1.29 is 14.3 Å². The summed E-state index contributed by atoms with van der Waals surface area (Å²) in [6, 6.07) is 7.35. The van der Waals surface area contributed by atoms with E-state index < -0.39 is 0 Å². The van der Waals surface area contributed by atoms with Gasteiger partial charge in [0.2, 0.25) is 0 Å². The number of likely N-dealkylation sites (tertiary alicyclic amines) is 1. The quantitative estimate of drug-likeness (QED) is 0.903. The Kier molecular flexibility index (Phi) is 5.55. The Labute approximate surface area is 150 Å². The molecule has 1 unspecified atom stereocenters. The fourth-order valence-electron chi connectivity index (χ4n) is 2.63. The molecule has 1 saturated heterocycles. The fourth-order valence-corrected chi connectivity index (χ4v) is 2.73. The third-order valence-corrected chi connectivity index (χ3v) is 4.05. The molecular formula is C17H19ClN4O3. The van der Waals surface area contributed by atoms with E-state index in [1.165, 1.54) is 12.4 Å². The summed E-state index contributed by atoms with van der Waals surface area (Å²) in [5.74, 6) is 0.692. The van der Waals surface area contributed by atoms with Gasteiger partial charge in [-0.3, -0.25) is 0 Å². The molecule has 3 rings (SSSR count). The average molecular weight is 363 g/mol. The number of rotatable bonds is 4. The molecule has 132 valence electrons. The number of carbonyl (C=O) groups excluding carboxylic acids is 1. The van der Waals surface area contributed by atoms with Gasteiger partial charge in [-0.05, 0) is 25.0 Å². The second-order valence-electron chi connectivity index (χ2n) is 5.67. The number of amides is 2. The SMILES string of the molecule is COc1cccc(NC(=O)N2CCCC(Oc3ncc(Cl)cn3)C2)c1. The highest BCUT2D eigenvalue weighted by atomic mass is 35.5. The van der Waals surface area contributed by atoms with E-state index in [1.54, 1.807) is 18.1 Å². The molecule has 0 aliphatic carbocycles. The number of piperidine rings is 1. The predicted molar refractivity (Wildman–Crippen MR) is 94.3 cm³/mol. The molecule has 0 spiro atoms. The Balaban J connectivity index is 1.58. The molecule has 1 aliphatic rings. The largest absolute Gasteiger partial charge is 0.497 e. The van der Waals surface area contributed by atoms with Gasteiger partial charge in [-0.25, -0.2) is 14.8 Å². The Morgan fingerprint density at radius 1 is 1.36 bits per heavy atom. The number of carbonyl (C=O) groups is 1. The lowest BCUT2D eigenvalue weighted by Gasteiger charge is -2.32. The Hall–Kier alpha value is -2.54. The molecule has 1 fully saturated rings. The van der Waals surface area contributed by atoms with E-state index in [2.05, 4.69) is 15.3 Å². The minimum atomic E-state index is -0.168. The van der Waals surface area contributed by atoms with Crippen LogP contribution in [0.2, 0.25) is 5.02 Å². The molecule has 0 radical (unpaired) electrons. The maximum absolute atomic E-state index is 12.5. The normalized spacial score (nSPS) is 17.0. The van der Waals surface area contributed by atoms with Gasteiger partial charge in [0.25, 0.3) is 0 Å². The van der Waals surface area contributed by atoms with E-state index in [0.717, 1.165) is 12.8 Å². The van der Waals surface area contributed by atoms with E-state index >= 15 is 0 Å². The van der Waals surface area contributed by atoms with Crippen LogP contribution in [0, 0.1) is 0 Å². The molecule has 1 N–H and O–H groups in total. The van der Waals surface area contributed by atoms with Gasteiger partial charge in [0.1, 0.15) is 11.9 Å². The number of urea groups is 1. The number of hydrogen-bond acceptors (Lipinski definition) is 5. The zero-order valence-corrected chi connectivity index (χ0v) is 14.6. The number of anilines is 1. The van der Waals surface area contributed by atoms with Gasteiger partial charge in [-0.2, -0.15) is 0 Å². The van der Waals surface area contributed by atoms with Gasteiger partial charge < -0.3 is 19.7 Å². The van der Waals surface area contributed by atoms with Crippen molar-refractivity contribution in [3.63, 3.8) is 0 Å². The van der Waals surface area contributed by atoms with Gasteiger partial charge in [0, 0.05) is 18.3 Å². The number of halogens is 1. The maximum atomic E-state index is 12.5. The molecule has 0 saturated carbocycles. The summed E-state index contributed by atoms with van der Waals surface area (Å²) in [5.41, 5.74) is 0.688.